The van der Waals surface area contributed by atoms with Gasteiger partial charge in [-0.15, -0.1) is 0 Å². The average Bonchev–Trinajstić information content (AvgIpc) is 1.94. The third-order valence-corrected chi connectivity index (χ3v) is 1.70. The molecule has 0 saturated carbocycles. The third-order valence-electron chi connectivity index (χ3n) is 1.21. The summed E-state index contributed by atoms with van der Waals surface area (Å²) in [6, 6.07) is 0. The lowest BCUT2D eigenvalue weighted by Gasteiger charge is -2.09. The number of H-pyrrole nitrogens is 1. The molecule has 0 radical (unpaired) electrons. The molecule has 1 aromatic heterocycles. The number of alkyl halides is 3. The van der Waals surface area contributed by atoms with Crippen molar-refractivity contribution in [1.29, 1.82) is 0 Å². The molecule has 3 nitrogen and oxygen atoms in total. The van der Waals surface area contributed by atoms with E-state index < -0.39 is 22.8 Å². The Hall–Kier alpha value is -0.820. The van der Waals surface area contributed by atoms with E-state index in [-0.39, 0.29) is 4.64 Å². The molecule has 0 unspecified atom stereocenters. The Kier molecular flexibility index (Phi) is 2.49. The van der Waals surface area contributed by atoms with Crippen molar-refractivity contribution in [3.05, 3.63) is 15.6 Å². The lowest BCUT2D eigenvalue weighted by Crippen LogP contribution is -2.13. The maximum Gasteiger partial charge on any atom is 0.433 e. The molecule has 0 atom stereocenters. The number of anilines is 1. The zero-order chi connectivity index (χ0) is 10.2. The van der Waals surface area contributed by atoms with Crippen LogP contribution in [0.3, 0.4) is 0 Å². The minimum atomic E-state index is -4.61. The summed E-state index contributed by atoms with van der Waals surface area (Å²) in [6.45, 7) is 0. The highest BCUT2D eigenvalue weighted by molar-refractivity contribution is 7.71. The van der Waals surface area contributed by atoms with Crippen LogP contribution in [0, 0.1) is 4.64 Å². The molecule has 0 amide bonds. The minimum absolute atomic E-state index is 0.365. The Labute approximate surface area is 80.7 Å². The second-order valence-electron chi connectivity index (χ2n) is 2.12. The summed E-state index contributed by atoms with van der Waals surface area (Å²) in [4.78, 5) is 5.14. The van der Waals surface area contributed by atoms with E-state index >= 15 is 0 Å². The van der Waals surface area contributed by atoms with E-state index in [1.165, 1.54) is 0 Å². The van der Waals surface area contributed by atoms with Gasteiger partial charge >= 0.3 is 6.18 Å². The molecular weight excluding hydrogens is 227 g/mol. The molecule has 0 saturated heterocycles. The first-order valence-corrected chi connectivity index (χ1v) is 3.73. The van der Waals surface area contributed by atoms with Gasteiger partial charge in [-0.3, -0.25) is 0 Å². The number of nitrogen functional groups attached to an aromatic ring is 1. The second-order valence-corrected chi connectivity index (χ2v) is 2.86. The number of halogens is 4. The van der Waals surface area contributed by atoms with E-state index in [0.717, 1.165) is 0 Å². The van der Waals surface area contributed by atoms with Crippen LogP contribution in [0.5, 0.6) is 0 Å². The molecule has 3 N–H and O–H groups in total. The van der Waals surface area contributed by atoms with Crippen LogP contribution in [0.2, 0.25) is 5.28 Å². The molecular formula is C5H3ClF3N3S. The van der Waals surface area contributed by atoms with Gasteiger partial charge in [0.05, 0.1) is 5.69 Å². The summed E-state index contributed by atoms with van der Waals surface area (Å²) < 4.78 is 36.1. The number of aromatic amines is 1. The number of hydrogen-bond donors (Lipinski definition) is 2. The van der Waals surface area contributed by atoms with Crippen molar-refractivity contribution < 1.29 is 13.2 Å². The zero-order valence-corrected chi connectivity index (χ0v) is 7.52. The van der Waals surface area contributed by atoms with Crippen LogP contribution >= 0.6 is 23.8 Å². The van der Waals surface area contributed by atoms with Crippen molar-refractivity contribution >= 4 is 29.5 Å². The predicted octanol–water partition coefficient (Wildman–Crippen LogP) is 2.39. The normalized spacial score (nSPS) is 11.7. The van der Waals surface area contributed by atoms with Gasteiger partial charge in [-0.1, -0.05) is 12.2 Å². The number of nitrogens with one attached hydrogen (secondary N) is 1. The molecule has 0 aliphatic carbocycles. The Morgan fingerprint density at radius 3 is 2.46 bits per heavy atom. The Morgan fingerprint density at radius 2 is 2.00 bits per heavy atom. The summed E-state index contributed by atoms with van der Waals surface area (Å²) in [5, 5.41) is -0.438. The smallest absolute Gasteiger partial charge is 0.395 e. The third kappa shape index (κ3) is 2.10. The Balaban J connectivity index is 3.46. The van der Waals surface area contributed by atoms with Gasteiger partial charge in [-0.2, -0.15) is 13.2 Å². The number of aromatic nitrogens is 2. The Bertz CT molecular complexity index is 386. The summed E-state index contributed by atoms with van der Waals surface area (Å²) in [6.07, 6.45) is -4.61. The molecule has 0 aliphatic heterocycles. The molecule has 0 fully saturated rings. The fraction of sp³-hybridized carbons (Fsp3) is 0.200. The highest BCUT2D eigenvalue weighted by Crippen LogP contribution is 2.32. The first kappa shape index (κ1) is 10.3. The molecule has 1 aromatic rings. The van der Waals surface area contributed by atoms with Crippen LogP contribution in [-0.4, -0.2) is 9.97 Å². The van der Waals surface area contributed by atoms with Crippen molar-refractivity contribution in [2.45, 2.75) is 6.18 Å². The number of nitrogens with two attached hydrogens (primary N) is 1. The molecule has 1 heterocycles. The van der Waals surface area contributed by atoms with E-state index in [9.17, 15) is 13.2 Å². The van der Waals surface area contributed by atoms with Crippen molar-refractivity contribution in [1.82, 2.24) is 9.97 Å². The maximum atomic E-state index is 12.2. The lowest BCUT2D eigenvalue weighted by atomic mass is 10.3. The molecule has 0 aromatic carbocycles. The predicted molar refractivity (Wildman–Crippen MR) is 43.8 cm³/mol. The zero-order valence-electron chi connectivity index (χ0n) is 5.94. The van der Waals surface area contributed by atoms with Crippen LogP contribution in [0.15, 0.2) is 0 Å². The number of hydrogen-bond acceptors (Lipinski definition) is 3. The van der Waals surface area contributed by atoms with Crippen molar-refractivity contribution in [2.24, 2.45) is 0 Å². The molecule has 72 valence electrons. The van der Waals surface area contributed by atoms with Crippen LogP contribution in [-0.2, 0) is 6.18 Å². The van der Waals surface area contributed by atoms with E-state index in [2.05, 4.69) is 17.2 Å². The SMILES string of the molecule is Nc1c(C(F)(F)F)[nH]c(Cl)nc1=S. The van der Waals surface area contributed by atoms with E-state index in [0.29, 0.717) is 0 Å². The molecule has 8 heteroatoms. The standard InChI is InChI=1S/C5H3ClF3N3S/c6-4-11-2(5(7,8)9)1(10)3(13)12-4/h10H2,(H,11,12,13). The van der Waals surface area contributed by atoms with Gasteiger partial charge in [0, 0.05) is 0 Å². The first-order valence-electron chi connectivity index (χ1n) is 2.95. The summed E-state index contributed by atoms with van der Waals surface area (Å²) in [5.74, 6) is 0. The molecule has 0 aliphatic rings. The van der Waals surface area contributed by atoms with Gasteiger partial charge in [0.15, 0.2) is 4.64 Å². The molecule has 13 heavy (non-hydrogen) atoms. The van der Waals surface area contributed by atoms with Gasteiger partial charge in [0.1, 0.15) is 5.69 Å². The van der Waals surface area contributed by atoms with Gasteiger partial charge < -0.3 is 10.7 Å². The van der Waals surface area contributed by atoms with Gasteiger partial charge in [-0.25, -0.2) is 4.98 Å². The van der Waals surface area contributed by atoms with Crippen LogP contribution in [0.4, 0.5) is 18.9 Å². The summed E-state index contributed by atoms with van der Waals surface area (Å²) >= 11 is 9.70. The second kappa shape index (κ2) is 3.15. The fourth-order valence-corrected chi connectivity index (χ4v) is 1.10. The minimum Gasteiger partial charge on any atom is -0.395 e. The van der Waals surface area contributed by atoms with Crippen LogP contribution < -0.4 is 5.73 Å². The molecule has 1 rings (SSSR count). The molecule has 0 bridgehead atoms. The fourth-order valence-electron chi connectivity index (χ4n) is 0.678. The Morgan fingerprint density at radius 1 is 1.46 bits per heavy atom. The topological polar surface area (TPSA) is 54.7 Å². The van der Waals surface area contributed by atoms with E-state index in [4.69, 9.17) is 17.3 Å². The lowest BCUT2D eigenvalue weighted by molar-refractivity contribution is -0.140. The number of rotatable bonds is 0. The molecule has 0 spiro atoms. The monoisotopic (exact) mass is 229 g/mol. The van der Waals surface area contributed by atoms with E-state index in [1.807, 2.05) is 0 Å². The van der Waals surface area contributed by atoms with Crippen LogP contribution in [0.1, 0.15) is 5.69 Å². The van der Waals surface area contributed by atoms with Crippen molar-refractivity contribution in [2.75, 3.05) is 5.73 Å². The van der Waals surface area contributed by atoms with Crippen molar-refractivity contribution in [3.63, 3.8) is 0 Å². The first-order chi connectivity index (χ1) is 5.82. The van der Waals surface area contributed by atoms with Gasteiger partial charge in [-0.05, 0) is 11.6 Å². The quantitative estimate of drug-likeness (QED) is 0.531. The largest absolute Gasteiger partial charge is 0.433 e. The van der Waals surface area contributed by atoms with Gasteiger partial charge in [0.25, 0.3) is 0 Å². The highest BCUT2D eigenvalue weighted by atomic mass is 35.5. The highest BCUT2D eigenvalue weighted by Gasteiger charge is 2.35. The summed E-state index contributed by atoms with van der Waals surface area (Å²) in [5.41, 5.74) is 3.27. The van der Waals surface area contributed by atoms with E-state index in [1.54, 1.807) is 4.98 Å². The van der Waals surface area contributed by atoms with Gasteiger partial charge in [0.2, 0.25) is 5.28 Å². The number of nitrogens with zero attached hydrogens (tertiary/aromatic N) is 1. The average molecular weight is 230 g/mol. The maximum absolute atomic E-state index is 12.2. The summed E-state index contributed by atoms with van der Waals surface area (Å²) in [7, 11) is 0. The van der Waals surface area contributed by atoms with Crippen molar-refractivity contribution in [3.8, 4) is 0 Å². The van der Waals surface area contributed by atoms with Crippen LogP contribution in [0.25, 0.3) is 0 Å².